The van der Waals surface area contributed by atoms with Crippen molar-refractivity contribution in [3.63, 3.8) is 0 Å². The van der Waals surface area contributed by atoms with Gasteiger partial charge in [-0.25, -0.2) is 0 Å². The first-order valence-corrected chi connectivity index (χ1v) is 11.6. The van der Waals surface area contributed by atoms with E-state index in [-0.39, 0.29) is 23.8 Å². The number of allylic oxidation sites excluding steroid dienone is 1. The van der Waals surface area contributed by atoms with Crippen LogP contribution in [0.15, 0.2) is 54.6 Å². The highest BCUT2D eigenvalue weighted by Gasteiger charge is 2.34. The number of para-hydroxylation sites is 2. The Kier molecular flexibility index (Phi) is 6.19. The number of nitrogens with zero attached hydrogens (tertiary/aromatic N) is 1. The maximum absolute atomic E-state index is 13.4. The summed E-state index contributed by atoms with van der Waals surface area (Å²) in [6, 6.07) is 12.8. The summed E-state index contributed by atoms with van der Waals surface area (Å²) < 4.78 is 17.2. The highest BCUT2D eigenvalue weighted by Crippen LogP contribution is 2.35. The van der Waals surface area contributed by atoms with Crippen molar-refractivity contribution >= 4 is 11.8 Å². The maximum atomic E-state index is 13.4. The summed E-state index contributed by atoms with van der Waals surface area (Å²) in [7, 11) is 0. The summed E-state index contributed by atoms with van der Waals surface area (Å²) in [6.07, 6.45) is 6.48. The van der Waals surface area contributed by atoms with Gasteiger partial charge in [-0.05, 0) is 43.5 Å². The number of benzene rings is 2. The Hall–Kier alpha value is -3.48. The molecule has 0 radical (unpaired) electrons. The molecule has 2 aromatic carbocycles. The number of carbonyl (C=O) groups is 2. The van der Waals surface area contributed by atoms with Crippen LogP contribution in [0.3, 0.4) is 0 Å². The number of hydrogen-bond donors (Lipinski definition) is 1. The zero-order chi connectivity index (χ0) is 22.6. The minimum atomic E-state index is -0.132. The molecule has 2 aromatic rings. The number of amides is 2. The number of nitrogens with one attached hydrogen (secondary N) is 1. The number of carbonyl (C=O) groups excluding carboxylic acids is 2. The molecule has 0 saturated carbocycles. The van der Waals surface area contributed by atoms with Crippen molar-refractivity contribution < 1.29 is 23.8 Å². The van der Waals surface area contributed by atoms with E-state index >= 15 is 0 Å². The second kappa shape index (κ2) is 9.57. The van der Waals surface area contributed by atoms with Crippen LogP contribution in [-0.4, -0.2) is 55.7 Å². The van der Waals surface area contributed by atoms with Gasteiger partial charge >= 0.3 is 0 Å². The summed E-state index contributed by atoms with van der Waals surface area (Å²) in [5.74, 6) is 1.67. The molecule has 7 nitrogen and oxygen atoms in total. The molecule has 2 amide bonds. The third kappa shape index (κ3) is 4.53. The highest BCUT2D eigenvalue weighted by atomic mass is 16.6. The van der Waals surface area contributed by atoms with Crippen molar-refractivity contribution in [1.82, 2.24) is 10.2 Å². The minimum absolute atomic E-state index is 0.0250. The molecule has 0 aliphatic carbocycles. The molecule has 2 atom stereocenters. The molecular formula is C26H28N2O5. The van der Waals surface area contributed by atoms with E-state index in [4.69, 9.17) is 14.2 Å². The molecule has 1 N–H and O–H groups in total. The van der Waals surface area contributed by atoms with Crippen LogP contribution in [-0.2, 0) is 0 Å². The van der Waals surface area contributed by atoms with E-state index in [1.165, 1.54) is 0 Å². The average molecular weight is 449 g/mol. The third-order valence-corrected chi connectivity index (χ3v) is 6.41. The summed E-state index contributed by atoms with van der Waals surface area (Å²) in [6.45, 7) is 2.56. The molecule has 0 spiro atoms. The van der Waals surface area contributed by atoms with Gasteiger partial charge < -0.3 is 24.4 Å². The standard InChI is InChI=1S/C26H28N2O5/c29-25-19-8-3-4-10-22(19)31-14-5-1-2-7-18-17-28(13-12-21(18)27-25)26(30)20-9-6-11-23-24(20)33-16-15-32-23/h1-4,6,8-11,18,21H,5,7,12-17H2,(H,27,29)/b2-1+/t18-,21+/m0/s1. The molecule has 3 heterocycles. The zero-order valence-electron chi connectivity index (χ0n) is 18.5. The molecule has 0 unspecified atom stereocenters. The molecule has 3 aliphatic heterocycles. The summed E-state index contributed by atoms with van der Waals surface area (Å²) in [5.41, 5.74) is 1.08. The van der Waals surface area contributed by atoms with E-state index in [0.717, 1.165) is 12.8 Å². The molecule has 7 heteroatoms. The van der Waals surface area contributed by atoms with Gasteiger partial charge in [0.15, 0.2) is 11.5 Å². The topological polar surface area (TPSA) is 77.1 Å². The van der Waals surface area contributed by atoms with E-state index in [2.05, 4.69) is 17.5 Å². The summed E-state index contributed by atoms with van der Waals surface area (Å²) in [4.78, 5) is 28.3. The second-order valence-corrected chi connectivity index (χ2v) is 8.55. The van der Waals surface area contributed by atoms with Gasteiger partial charge in [-0.3, -0.25) is 9.59 Å². The molecule has 0 aromatic heterocycles. The van der Waals surface area contributed by atoms with Crippen LogP contribution < -0.4 is 19.5 Å². The van der Waals surface area contributed by atoms with Crippen molar-refractivity contribution in [3.8, 4) is 17.2 Å². The van der Waals surface area contributed by atoms with E-state index in [0.29, 0.717) is 67.7 Å². The van der Waals surface area contributed by atoms with E-state index in [1.807, 2.05) is 35.2 Å². The Balaban J connectivity index is 1.36. The first kappa shape index (κ1) is 21.4. The number of rotatable bonds is 1. The van der Waals surface area contributed by atoms with Gasteiger partial charge in [0.05, 0.1) is 17.7 Å². The molecule has 172 valence electrons. The quantitative estimate of drug-likeness (QED) is 0.677. The average Bonchev–Trinajstić information content (AvgIpc) is 2.85. The van der Waals surface area contributed by atoms with Crippen LogP contribution in [0, 0.1) is 5.92 Å². The van der Waals surface area contributed by atoms with Crippen molar-refractivity contribution in [1.29, 1.82) is 0 Å². The van der Waals surface area contributed by atoms with Crippen molar-refractivity contribution in [2.24, 2.45) is 5.92 Å². The second-order valence-electron chi connectivity index (χ2n) is 8.55. The van der Waals surface area contributed by atoms with Crippen LogP contribution in [0.25, 0.3) is 0 Å². The molecular weight excluding hydrogens is 420 g/mol. The molecule has 1 saturated heterocycles. The number of fused-ring (bicyclic) bond motifs is 3. The van der Waals surface area contributed by atoms with Crippen molar-refractivity contribution in [3.05, 3.63) is 65.7 Å². The van der Waals surface area contributed by atoms with Crippen molar-refractivity contribution in [2.75, 3.05) is 32.9 Å². The minimum Gasteiger partial charge on any atom is -0.492 e. The largest absolute Gasteiger partial charge is 0.492 e. The van der Waals surface area contributed by atoms with Gasteiger partial charge in [0.25, 0.3) is 11.8 Å². The van der Waals surface area contributed by atoms with Gasteiger partial charge in [0, 0.05) is 25.0 Å². The first-order chi connectivity index (χ1) is 16.2. The smallest absolute Gasteiger partial charge is 0.257 e. The number of piperidine rings is 1. The Morgan fingerprint density at radius 2 is 1.76 bits per heavy atom. The fourth-order valence-corrected chi connectivity index (χ4v) is 4.71. The van der Waals surface area contributed by atoms with Gasteiger partial charge in [-0.1, -0.05) is 30.4 Å². The van der Waals surface area contributed by atoms with Gasteiger partial charge in [-0.15, -0.1) is 0 Å². The molecule has 1 fully saturated rings. The van der Waals surface area contributed by atoms with Gasteiger partial charge in [0.1, 0.15) is 19.0 Å². The Morgan fingerprint density at radius 3 is 2.70 bits per heavy atom. The van der Waals surface area contributed by atoms with Crippen LogP contribution in [0.2, 0.25) is 0 Å². The third-order valence-electron chi connectivity index (χ3n) is 6.41. The van der Waals surface area contributed by atoms with Crippen LogP contribution in [0.1, 0.15) is 40.0 Å². The molecule has 3 aliphatic rings. The number of ether oxygens (including phenoxy) is 3. The lowest BCUT2D eigenvalue weighted by Crippen LogP contribution is -2.52. The van der Waals surface area contributed by atoms with Crippen LogP contribution in [0.5, 0.6) is 17.2 Å². The Morgan fingerprint density at radius 1 is 0.939 bits per heavy atom. The predicted octanol–water partition coefficient (Wildman–Crippen LogP) is 3.45. The molecule has 0 bridgehead atoms. The van der Waals surface area contributed by atoms with Crippen molar-refractivity contribution in [2.45, 2.75) is 25.3 Å². The maximum Gasteiger partial charge on any atom is 0.257 e. The fraction of sp³-hybridized carbons (Fsp3) is 0.385. The lowest BCUT2D eigenvalue weighted by Gasteiger charge is -2.39. The lowest BCUT2D eigenvalue weighted by molar-refractivity contribution is 0.0611. The van der Waals surface area contributed by atoms with Gasteiger partial charge in [-0.2, -0.15) is 0 Å². The van der Waals surface area contributed by atoms with Crippen LogP contribution >= 0.6 is 0 Å². The predicted molar refractivity (Wildman–Crippen MR) is 123 cm³/mol. The normalized spacial score (nSPS) is 23.5. The summed E-state index contributed by atoms with van der Waals surface area (Å²) in [5, 5.41) is 3.21. The number of hydrogen-bond acceptors (Lipinski definition) is 5. The Bertz CT molecular complexity index is 1070. The van der Waals surface area contributed by atoms with Crippen LogP contribution in [0.4, 0.5) is 0 Å². The van der Waals surface area contributed by atoms with E-state index in [9.17, 15) is 9.59 Å². The zero-order valence-corrected chi connectivity index (χ0v) is 18.5. The van der Waals surface area contributed by atoms with E-state index < -0.39 is 0 Å². The van der Waals surface area contributed by atoms with E-state index in [1.54, 1.807) is 12.1 Å². The summed E-state index contributed by atoms with van der Waals surface area (Å²) >= 11 is 0. The highest BCUT2D eigenvalue weighted by molar-refractivity contribution is 5.98. The molecule has 33 heavy (non-hydrogen) atoms. The fourth-order valence-electron chi connectivity index (χ4n) is 4.71. The first-order valence-electron chi connectivity index (χ1n) is 11.6. The number of likely N-dealkylation sites (tertiary alicyclic amines) is 1. The monoisotopic (exact) mass is 448 g/mol. The van der Waals surface area contributed by atoms with Gasteiger partial charge in [0.2, 0.25) is 0 Å². The Labute approximate surface area is 193 Å². The molecule has 5 rings (SSSR count). The lowest BCUT2D eigenvalue weighted by atomic mass is 9.88. The SMILES string of the molecule is O=C1N[C@@H]2CCN(C(=O)c3cccc4c3OCCO4)C[C@@H]2C/C=C/CCOc2ccccc21.